The third-order valence-electron chi connectivity index (χ3n) is 11.3. The van der Waals surface area contributed by atoms with Crippen LogP contribution >= 0.6 is 21.6 Å². The number of phenols is 1. The van der Waals surface area contributed by atoms with Crippen LogP contribution in [0, 0.1) is 11.8 Å². The van der Waals surface area contributed by atoms with Crippen LogP contribution in [-0.4, -0.2) is 153 Å². The van der Waals surface area contributed by atoms with Crippen molar-refractivity contribution in [1.29, 1.82) is 0 Å². The van der Waals surface area contributed by atoms with Crippen molar-refractivity contribution < 1.29 is 63.0 Å². The quantitative estimate of drug-likeness (QED) is 0.0692. The molecule has 0 aliphatic carbocycles. The first-order valence-electron chi connectivity index (χ1n) is 22.5. The third-order valence-corrected chi connectivity index (χ3v) is 13.7. The van der Waals surface area contributed by atoms with Gasteiger partial charge in [0.1, 0.15) is 48.0 Å². The summed E-state index contributed by atoms with van der Waals surface area (Å²) >= 11 is 0. The second-order valence-corrected chi connectivity index (χ2v) is 19.9. The van der Waals surface area contributed by atoms with Crippen LogP contribution in [0.5, 0.6) is 5.75 Å². The highest BCUT2D eigenvalue weighted by Gasteiger charge is 2.41. The van der Waals surface area contributed by atoms with E-state index in [0.29, 0.717) is 18.4 Å². The van der Waals surface area contributed by atoms with E-state index >= 15 is 0 Å². The molecule has 2 fully saturated rings. The average Bonchev–Trinajstić information content (AvgIpc) is 3.78. The molecule has 69 heavy (non-hydrogen) atoms. The molecule has 3 rings (SSSR count). The minimum Gasteiger partial charge on any atom is -0.508 e. The van der Waals surface area contributed by atoms with Crippen LogP contribution in [0.2, 0.25) is 0 Å². The minimum absolute atomic E-state index is 0.0297. The summed E-state index contributed by atoms with van der Waals surface area (Å²) in [6.45, 7) is 6.53. The molecule has 2 aliphatic rings. The van der Waals surface area contributed by atoms with Crippen LogP contribution in [-0.2, 0) is 59.2 Å². The summed E-state index contributed by atoms with van der Waals surface area (Å²) in [6, 6.07) is -5.36. The van der Waals surface area contributed by atoms with Crippen molar-refractivity contribution in [1.82, 2.24) is 42.1 Å². The lowest BCUT2D eigenvalue weighted by Gasteiger charge is -2.31. The van der Waals surface area contributed by atoms with Gasteiger partial charge in [0.05, 0.1) is 19.0 Å². The van der Waals surface area contributed by atoms with E-state index in [9.17, 15) is 63.0 Å². The molecule has 1 aromatic rings. The number of phenolic OH excluding ortho intramolecular Hbond substituents is 1. The van der Waals surface area contributed by atoms with E-state index in [0.717, 1.165) is 21.6 Å². The number of benzene rings is 1. The Kier molecular flexibility index (Phi) is 23.0. The molecule has 9 atom stereocenters. The number of nitrogens with zero attached hydrogens (tertiary/aromatic N) is 1. The number of nitrogens with two attached hydrogens (primary N) is 3. The molecule has 0 radical (unpaired) electrons. The molecule has 2 saturated heterocycles. The zero-order valence-electron chi connectivity index (χ0n) is 38.9. The van der Waals surface area contributed by atoms with E-state index < -0.39 is 145 Å². The van der Waals surface area contributed by atoms with Crippen molar-refractivity contribution >= 4 is 86.6 Å². The summed E-state index contributed by atoms with van der Waals surface area (Å²) in [5.41, 5.74) is 17.4. The fraction of sp³-hybridized carbons (Fsp3) is 0.605. The van der Waals surface area contributed by atoms with Gasteiger partial charge in [-0.2, -0.15) is 0 Å². The Morgan fingerprint density at radius 1 is 0.812 bits per heavy atom. The number of rotatable bonds is 17. The highest BCUT2D eigenvalue weighted by atomic mass is 33.1. The minimum atomic E-state index is -1.88. The van der Waals surface area contributed by atoms with Crippen LogP contribution < -0.4 is 54.4 Å². The van der Waals surface area contributed by atoms with Crippen molar-refractivity contribution in [3.63, 3.8) is 0 Å². The number of aliphatic carboxylic acids is 1. The van der Waals surface area contributed by atoms with Gasteiger partial charge in [0.15, 0.2) is 0 Å². The number of carboxylic acid groups (broad SMARTS) is 1. The Hall–Kier alpha value is -6.15. The van der Waals surface area contributed by atoms with Crippen LogP contribution in [0.1, 0.15) is 78.2 Å². The number of aromatic hydroxyl groups is 1. The normalized spacial score (nSPS) is 24.3. The number of carboxylic acids is 1. The van der Waals surface area contributed by atoms with Gasteiger partial charge in [0, 0.05) is 30.9 Å². The highest BCUT2D eigenvalue weighted by molar-refractivity contribution is 8.76. The van der Waals surface area contributed by atoms with Gasteiger partial charge in [-0.15, -0.1) is 0 Å². The Morgan fingerprint density at radius 2 is 1.42 bits per heavy atom. The Balaban J connectivity index is 2.05. The average molecular weight is 1010 g/mol. The van der Waals surface area contributed by atoms with E-state index in [1.165, 1.54) is 29.2 Å². The molecule has 2 aliphatic heterocycles. The smallest absolute Gasteiger partial charge is 0.305 e. The van der Waals surface area contributed by atoms with Crippen molar-refractivity contribution in [3.8, 4) is 5.75 Å². The lowest BCUT2D eigenvalue weighted by Crippen LogP contribution is -2.61. The number of hydrogen-bond donors (Lipinski definition) is 12. The van der Waals surface area contributed by atoms with E-state index in [2.05, 4.69) is 37.2 Å². The Labute approximate surface area is 407 Å². The number of hydrogen-bond acceptors (Lipinski definition) is 15. The largest absolute Gasteiger partial charge is 0.508 e. The van der Waals surface area contributed by atoms with E-state index in [4.69, 9.17) is 17.2 Å². The summed E-state index contributed by atoms with van der Waals surface area (Å²) < 4.78 is 0. The van der Waals surface area contributed by atoms with Crippen molar-refractivity contribution in [3.05, 3.63) is 29.8 Å². The SMILES string of the molecule is CCC(C)C1NC(=O)C(Cc2ccc(O)cc2)NC(=O)C(N)CSSCC(C(=O)N2CCCC2C(=O)NC(CC(C)C)C(=O)NCC(N)=O)NC(=O)C(CC(=O)O)NC(=O)C(CCC(N)=O)NC1=O. The fourth-order valence-corrected chi connectivity index (χ4v) is 9.59. The Morgan fingerprint density at radius 3 is 2.03 bits per heavy atom. The summed E-state index contributed by atoms with van der Waals surface area (Å²) in [5.74, 6) is -11.2. The van der Waals surface area contributed by atoms with Gasteiger partial charge in [0.25, 0.3) is 0 Å². The molecule has 24 nitrogen and oxygen atoms in total. The molecular formula is C43H65N11O13S2. The fourth-order valence-electron chi connectivity index (χ4n) is 7.32. The third kappa shape index (κ3) is 18.7. The number of likely N-dealkylation sites (tertiary alicyclic amines) is 1. The first-order valence-corrected chi connectivity index (χ1v) is 25.0. The molecule has 0 aromatic heterocycles. The molecule has 0 spiro atoms. The van der Waals surface area contributed by atoms with Gasteiger partial charge in [-0.05, 0) is 55.2 Å². The zero-order chi connectivity index (χ0) is 51.5. The molecular weight excluding hydrogens is 943 g/mol. The first-order chi connectivity index (χ1) is 32.5. The van der Waals surface area contributed by atoms with Crippen LogP contribution in [0.4, 0.5) is 0 Å². The molecule has 2 heterocycles. The number of amides is 10. The van der Waals surface area contributed by atoms with Crippen molar-refractivity contribution in [2.24, 2.45) is 29.0 Å². The highest BCUT2D eigenvalue weighted by Crippen LogP contribution is 2.26. The topological polar surface area (TPSA) is 394 Å². The second kappa shape index (κ2) is 27.7. The van der Waals surface area contributed by atoms with Gasteiger partial charge in [-0.1, -0.05) is 67.8 Å². The second-order valence-electron chi connectivity index (χ2n) is 17.3. The zero-order valence-corrected chi connectivity index (χ0v) is 40.6. The van der Waals surface area contributed by atoms with Gasteiger partial charge >= 0.3 is 5.97 Å². The molecule has 9 unspecified atom stereocenters. The van der Waals surface area contributed by atoms with Crippen molar-refractivity contribution in [2.75, 3.05) is 24.6 Å². The number of primary amides is 2. The van der Waals surface area contributed by atoms with E-state index in [-0.39, 0.29) is 49.0 Å². The maximum Gasteiger partial charge on any atom is 0.305 e. The molecule has 1 aromatic carbocycles. The maximum absolute atomic E-state index is 14.5. The first kappa shape index (κ1) is 57.2. The lowest BCUT2D eigenvalue weighted by molar-refractivity contribution is -0.143. The molecule has 0 saturated carbocycles. The predicted octanol–water partition coefficient (Wildman–Crippen LogP) is -3.01. The maximum atomic E-state index is 14.5. The van der Waals surface area contributed by atoms with Crippen LogP contribution in [0.3, 0.4) is 0 Å². The molecule has 10 amide bonds. The summed E-state index contributed by atoms with van der Waals surface area (Å²) in [5, 5.41) is 37.3. The summed E-state index contributed by atoms with van der Waals surface area (Å²) in [7, 11) is 2.00. The molecule has 26 heteroatoms. The lowest BCUT2D eigenvalue weighted by atomic mass is 9.96. The summed E-state index contributed by atoms with van der Waals surface area (Å²) in [6.07, 6.45) is -1.04. The standard InChI is InChI=1S/C43H65N11O13S2/c1-5-22(4)35-42(66)48-26(12-13-32(45)56)38(62)50-29(17-34(58)59)39(63)52-30(20-69-68-19-25(44)36(60)49-28(40(64)53-35)16-23-8-10-24(55)11-9-23)43(67)54-14-6-7-31(54)41(65)51-27(15-21(2)3)37(61)47-18-33(46)57/h8-11,21-22,25-31,35,55H,5-7,12-20,44H2,1-4H3,(H2,45,56)(H2,46,57)(H,47,61)(H,48,66)(H,49,60)(H,50,62)(H,51,65)(H,52,63)(H,53,64)(H,58,59). The number of nitrogens with one attached hydrogen (secondary N) is 7. The van der Waals surface area contributed by atoms with Gasteiger partial charge in [0.2, 0.25) is 59.1 Å². The van der Waals surface area contributed by atoms with Gasteiger partial charge in [-0.25, -0.2) is 0 Å². The van der Waals surface area contributed by atoms with E-state index in [1.54, 1.807) is 27.7 Å². The molecule has 0 bridgehead atoms. The van der Waals surface area contributed by atoms with Crippen molar-refractivity contribution in [2.45, 2.75) is 127 Å². The number of carbonyl (C=O) groups is 11. The van der Waals surface area contributed by atoms with Gasteiger partial charge in [-0.3, -0.25) is 52.7 Å². The van der Waals surface area contributed by atoms with Crippen LogP contribution in [0.25, 0.3) is 0 Å². The number of carbonyl (C=O) groups excluding carboxylic acids is 10. The van der Waals surface area contributed by atoms with E-state index in [1.807, 2.05) is 0 Å². The molecule has 382 valence electrons. The summed E-state index contributed by atoms with van der Waals surface area (Å²) in [4.78, 5) is 148. The van der Waals surface area contributed by atoms with Crippen LogP contribution in [0.15, 0.2) is 24.3 Å². The molecule has 15 N–H and O–H groups in total. The van der Waals surface area contributed by atoms with Gasteiger partial charge < -0.3 is 69.5 Å². The predicted molar refractivity (Wildman–Crippen MR) is 253 cm³/mol. The Bertz CT molecular complexity index is 2050. The monoisotopic (exact) mass is 1010 g/mol.